The van der Waals surface area contributed by atoms with Crippen LogP contribution in [0.1, 0.15) is 12.4 Å². The zero-order valence-electron chi connectivity index (χ0n) is 7.91. The Bertz CT molecular complexity index is 265. The van der Waals surface area contributed by atoms with Gasteiger partial charge in [-0.3, -0.25) is 4.57 Å². The molecule has 1 heterocycles. The third-order valence-corrected chi connectivity index (χ3v) is 1.73. The first-order chi connectivity index (χ1) is 6.75. The van der Waals surface area contributed by atoms with Crippen molar-refractivity contribution in [2.45, 2.75) is 13.1 Å². The van der Waals surface area contributed by atoms with E-state index in [9.17, 15) is 8.78 Å². The quantitative estimate of drug-likeness (QED) is 0.704. The van der Waals surface area contributed by atoms with Gasteiger partial charge in [0.05, 0.1) is 13.2 Å². The molecule has 0 saturated carbocycles. The van der Waals surface area contributed by atoms with Crippen LogP contribution in [0.5, 0.6) is 0 Å². The Morgan fingerprint density at radius 1 is 1.64 bits per heavy atom. The molecule has 0 unspecified atom stereocenters. The van der Waals surface area contributed by atoms with Crippen molar-refractivity contribution < 1.29 is 13.5 Å². The van der Waals surface area contributed by atoms with Crippen molar-refractivity contribution >= 4 is 0 Å². The monoisotopic (exact) mass is 205 g/mol. The van der Waals surface area contributed by atoms with E-state index >= 15 is 0 Å². The Kier molecular flexibility index (Phi) is 4.48. The maximum absolute atomic E-state index is 12.3. The van der Waals surface area contributed by atoms with E-state index in [4.69, 9.17) is 4.74 Å². The van der Waals surface area contributed by atoms with E-state index in [0.29, 0.717) is 25.5 Å². The molecule has 6 heteroatoms. The molecular formula is C8H13F2N3O. The van der Waals surface area contributed by atoms with Crippen LogP contribution < -0.4 is 5.32 Å². The molecular weight excluding hydrogens is 192 g/mol. The number of alkyl halides is 2. The third kappa shape index (κ3) is 3.04. The summed E-state index contributed by atoms with van der Waals surface area (Å²) in [4.78, 5) is 3.81. The predicted molar refractivity (Wildman–Crippen MR) is 47.1 cm³/mol. The van der Waals surface area contributed by atoms with Crippen LogP contribution in [-0.2, 0) is 11.3 Å². The molecule has 1 aromatic heterocycles. The lowest BCUT2D eigenvalue weighted by molar-refractivity contribution is 0.0665. The number of ether oxygens (including phenoxy) is 1. The van der Waals surface area contributed by atoms with Gasteiger partial charge in [-0.05, 0) is 0 Å². The van der Waals surface area contributed by atoms with Crippen LogP contribution in [0.25, 0.3) is 0 Å². The van der Waals surface area contributed by atoms with Crippen LogP contribution in [-0.4, -0.2) is 29.8 Å². The summed E-state index contributed by atoms with van der Waals surface area (Å²) in [5.41, 5.74) is 0. The van der Waals surface area contributed by atoms with E-state index in [1.807, 2.05) is 0 Å². The lowest BCUT2D eigenvalue weighted by Crippen LogP contribution is -2.21. The van der Waals surface area contributed by atoms with Gasteiger partial charge in [-0.15, -0.1) is 0 Å². The third-order valence-electron chi connectivity index (χ3n) is 1.73. The Morgan fingerprint density at radius 3 is 3.07 bits per heavy atom. The van der Waals surface area contributed by atoms with Gasteiger partial charge >= 0.3 is 6.55 Å². The zero-order valence-corrected chi connectivity index (χ0v) is 7.91. The summed E-state index contributed by atoms with van der Waals surface area (Å²) in [7, 11) is 1.59. The van der Waals surface area contributed by atoms with Gasteiger partial charge in [0.25, 0.3) is 0 Å². The van der Waals surface area contributed by atoms with E-state index in [1.54, 1.807) is 7.11 Å². The number of methoxy groups -OCH3 is 1. The largest absolute Gasteiger partial charge is 0.383 e. The zero-order chi connectivity index (χ0) is 10.4. The highest BCUT2D eigenvalue weighted by atomic mass is 19.3. The minimum atomic E-state index is -2.53. The topological polar surface area (TPSA) is 39.1 Å². The molecule has 0 aromatic carbocycles. The fourth-order valence-electron chi connectivity index (χ4n) is 1.03. The second-order valence-corrected chi connectivity index (χ2v) is 2.70. The Hall–Kier alpha value is -1.01. The van der Waals surface area contributed by atoms with Crippen molar-refractivity contribution in [3.8, 4) is 0 Å². The molecule has 0 atom stereocenters. The van der Waals surface area contributed by atoms with Crippen LogP contribution in [0.15, 0.2) is 12.4 Å². The van der Waals surface area contributed by atoms with Crippen LogP contribution in [0.2, 0.25) is 0 Å². The first-order valence-corrected chi connectivity index (χ1v) is 4.25. The van der Waals surface area contributed by atoms with E-state index in [2.05, 4.69) is 10.3 Å². The molecule has 0 spiro atoms. The molecule has 0 aliphatic rings. The lowest BCUT2D eigenvalue weighted by Gasteiger charge is -2.06. The molecule has 0 bridgehead atoms. The molecule has 0 amide bonds. The highest BCUT2D eigenvalue weighted by Crippen LogP contribution is 2.11. The highest BCUT2D eigenvalue weighted by Gasteiger charge is 2.09. The van der Waals surface area contributed by atoms with E-state index in [-0.39, 0.29) is 0 Å². The number of hydrogen-bond acceptors (Lipinski definition) is 3. The average Bonchev–Trinajstić information content (AvgIpc) is 2.60. The number of nitrogens with one attached hydrogen (secondary N) is 1. The van der Waals surface area contributed by atoms with Crippen LogP contribution >= 0.6 is 0 Å². The van der Waals surface area contributed by atoms with Crippen molar-refractivity contribution in [1.29, 1.82) is 0 Å². The smallest absolute Gasteiger partial charge is 0.319 e. The van der Waals surface area contributed by atoms with E-state index in [1.165, 1.54) is 12.4 Å². The summed E-state index contributed by atoms with van der Waals surface area (Å²) >= 11 is 0. The minimum Gasteiger partial charge on any atom is -0.383 e. The van der Waals surface area contributed by atoms with Crippen LogP contribution in [0, 0.1) is 0 Å². The van der Waals surface area contributed by atoms with Gasteiger partial charge in [-0.1, -0.05) is 0 Å². The Labute approximate surface area is 80.9 Å². The van der Waals surface area contributed by atoms with Crippen molar-refractivity contribution in [2.75, 3.05) is 20.3 Å². The van der Waals surface area contributed by atoms with Gasteiger partial charge in [-0.2, -0.15) is 8.78 Å². The normalized spacial score (nSPS) is 11.1. The van der Waals surface area contributed by atoms with Crippen LogP contribution in [0.3, 0.4) is 0 Å². The molecule has 1 rings (SSSR count). The molecule has 0 fully saturated rings. The van der Waals surface area contributed by atoms with Gasteiger partial charge in [0.2, 0.25) is 0 Å². The second-order valence-electron chi connectivity index (χ2n) is 2.70. The summed E-state index contributed by atoms with van der Waals surface area (Å²) in [6.45, 7) is -1.04. The number of imidazole rings is 1. The van der Waals surface area contributed by atoms with Gasteiger partial charge in [0.1, 0.15) is 5.82 Å². The van der Waals surface area contributed by atoms with Crippen molar-refractivity contribution in [3.63, 3.8) is 0 Å². The number of halogens is 2. The standard InChI is InChI=1S/C8H13F2N3O/c1-14-5-3-11-6-7-12-2-4-13(7)8(9)10/h2,4,8,11H,3,5-6H2,1H3. The summed E-state index contributed by atoms with van der Waals surface area (Å²) < 4.78 is 30.2. The highest BCUT2D eigenvalue weighted by molar-refractivity contribution is 4.92. The first-order valence-electron chi connectivity index (χ1n) is 4.25. The van der Waals surface area contributed by atoms with Crippen molar-refractivity contribution in [1.82, 2.24) is 14.9 Å². The fraction of sp³-hybridized carbons (Fsp3) is 0.625. The van der Waals surface area contributed by atoms with Crippen LogP contribution in [0.4, 0.5) is 8.78 Å². The fourth-order valence-corrected chi connectivity index (χ4v) is 1.03. The molecule has 4 nitrogen and oxygen atoms in total. The molecule has 1 N–H and O–H groups in total. The molecule has 0 aliphatic heterocycles. The summed E-state index contributed by atoms with van der Waals surface area (Å²) in [6, 6.07) is 0. The first kappa shape index (κ1) is 11.1. The predicted octanol–water partition coefficient (Wildman–Crippen LogP) is 1.01. The van der Waals surface area contributed by atoms with Gasteiger partial charge in [0.15, 0.2) is 0 Å². The maximum atomic E-state index is 12.3. The summed E-state index contributed by atoms with van der Waals surface area (Å²) in [5.74, 6) is 0.330. The number of hydrogen-bond donors (Lipinski definition) is 1. The average molecular weight is 205 g/mol. The van der Waals surface area contributed by atoms with Crippen molar-refractivity contribution in [3.05, 3.63) is 18.2 Å². The number of aromatic nitrogens is 2. The molecule has 0 saturated heterocycles. The summed E-state index contributed by atoms with van der Waals surface area (Å²) in [6.07, 6.45) is 2.62. The molecule has 0 aliphatic carbocycles. The Balaban J connectivity index is 2.38. The minimum absolute atomic E-state index is 0.320. The van der Waals surface area contributed by atoms with Gasteiger partial charge < -0.3 is 10.1 Å². The second kappa shape index (κ2) is 5.66. The van der Waals surface area contributed by atoms with Gasteiger partial charge in [0, 0.05) is 26.0 Å². The van der Waals surface area contributed by atoms with E-state index < -0.39 is 6.55 Å². The number of nitrogens with zero attached hydrogens (tertiary/aromatic N) is 2. The number of rotatable bonds is 6. The summed E-state index contributed by atoms with van der Waals surface area (Å²) in [5, 5.41) is 2.94. The Morgan fingerprint density at radius 2 is 2.43 bits per heavy atom. The SMILES string of the molecule is COCCNCc1nccn1C(F)F. The van der Waals surface area contributed by atoms with Gasteiger partial charge in [-0.25, -0.2) is 4.98 Å². The molecule has 1 aromatic rings. The van der Waals surface area contributed by atoms with Crippen molar-refractivity contribution in [2.24, 2.45) is 0 Å². The lowest BCUT2D eigenvalue weighted by atomic mass is 10.5. The molecule has 14 heavy (non-hydrogen) atoms. The molecule has 80 valence electrons. The maximum Gasteiger partial charge on any atom is 0.319 e. The molecule has 0 radical (unpaired) electrons. The van der Waals surface area contributed by atoms with E-state index in [0.717, 1.165) is 4.57 Å².